The topological polar surface area (TPSA) is 112 Å². The van der Waals surface area contributed by atoms with Gasteiger partial charge in [0.1, 0.15) is 5.76 Å². The molecule has 3 aliphatic carbocycles. The van der Waals surface area contributed by atoms with Crippen molar-refractivity contribution in [1.82, 2.24) is 4.72 Å². The van der Waals surface area contributed by atoms with E-state index in [1.165, 1.54) is 17.2 Å². The lowest BCUT2D eigenvalue weighted by molar-refractivity contribution is 0.256. The second-order valence-electron chi connectivity index (χ2n) is 9.45. The highest BCUT2D eigenvalue weighted by atomic mass is 32.2. The number of sulfonamides is 1. The van der Waals surface area contributed by atoms with Gasteiger partial charge in [-0.1, -0.05) is 19.9 Å². The number of urea groups is 1. The first kappa shape index (κ1) is 20.3. The molecule has 0 saturated heterocycles. The molecule has 8 heteroatoms. The molecule has 0 fully saturated rings. The molecule has 3 aliphatic rings. The highest BCUT2D eigenvalue weighted by Gasteiger charge is 2.36. The number of nitrogens with one attached hydrogen (secondary N) is 3. The first-order chi connectivity index (χ1) is 14.7. The number of aryl methyl sites for hydroxylation is 3. The van der Waals surface area contributed by atoms with Gasteiger partial charge in [0, 0.05) is 34.9 Å². The van der Waals surface area contributed by atoms with Crippen molar-refractivity contribution in [3.05, 3.63) is 45.7 Å². The summed E-state index contributed by atoms with van der Waals surface area (Å²) in [7, 11) is -4.19. The van der Waals surface area contributed by atoms with Crippen LogP contribution in [0.2, 0.25) is 0 Å². The SMILES string of the molecule is CC1(C)CCc2oc(S(=O)(=O)NC(=O)Nc3c4c(cc5c3CCC5)CCC4)cc2C1=N. The van der Waals surface area contributed by atoms with Crippen LogP contribution in [0.25, 0.3) is 0 Å². The minimum Gasteiger partial charge on any atom is -0.447 e. The van der Waals surface area contributed by atoms with Gasteiger partial charge in [0.2, 0.25) is 5.09 Å². The Kier molecular flexibility index (Phi) is 4.55. The van der Waals surface area contributed by atoms with Gasteiger partial charge < -0.3 is 15.1 Å². The van der Waals surface area contributed by atoms with Crippen molar-refractivity contribution in [2.45, 2.75) is 70.3 Å². The van der Waals surface area contributed by atoms with Gasteiger partial charge in [-0.05, 0) is 67.2 Å². The normalized spacial score (nSPS) is 19.0. The van der Waals surface area contributed by atoms with Gasteiger partial charge in [-0.3, -0.25) is 0 Å². The van der Waals surface area contributed by atoms with Gasteiger partial charge in [0.25, 0.3) is 10.0 Å². The Morgan fingerprint density at radius 1 is 1.03 bits per heavy atom. The van der Waals surface area contributed by atoms with Crippen molar-refractivity contribution < 1.29 is 17.6 Å². The Bertz CT molecular complexity index is 1190. The van der Waals surface area contributed by atoms with E-state index >= 15 is 0 Å². The molecule has 2 amide bonds. The first-order valence-corrected chi connectivity index (χ1v) is 12.4. The number of benzene rings is 1. The third-order valence-electron chi connectivity index (χ3n) is 6.91. The summed E-state index contributed by atoms with van der Waals surface area (Å²) in [5.41, 5.74) is 6.12. The summed E-state index contributed by atoms with van der Waals surface area (Å²) < 4.78 is 33.4. The molecule has 1 aromatic carbocycles. The fourth-order valence-electron chi connectivity index (χ4n) is 5.13. The average Bonchev–Trinajstić information content (AvgIpc) is 3.43. The van der Waals surface area contributed by atoms with E-state index in [-0.39, 0.29) is 10.5 Å². The number of anilines is 1. The van der Waals surface area contributed by atoms with Gasteiger partial charge in [-0.15, -0.1) is 0 Å². The predicted molar refractivity (Wildman–Crippen MR) is 117 cm³/mol. The lowest BCUT2D eigenvalue weighted by atomic mass is 9.75. The summed E-state index contributed by atoms with van der Waals surface area (Å²) in [5, 5.41) is 10.9. The summed E-state index contributed by atoms with van der Waals surface area (Å²) in [4.78, 5) is 12.7. The van der Waals surface area contributed by atoms with E-state index in [1.54, 1.807) is 0 Å². The maximum Gasteiger partial charge on any atom is 0.333 e. The molecule has 1 heterocycles. The van der Waals surface area contributed by atoms with E-state index in [2.05, 4.69) is 16.1 Å². The molecule has 5 rings (SSSR count). The first-order valence-electron chi connectivity index (χ1n) is 10.9. The number of hydrogen-bond acceptors (Lipinski definition) is 5. The number of carbonyl (C=O) groups is 1. The minimum absolute atomic E-state index is 0.321. The summed E-state index contributed by atoms with van der Waals surface area (Å²) >= 11 is 0. The molecule has 7 nitrogen and oxygen atoms in total. The molecule has 31 heavy (non-hydrogen) atoms. The lowest BCUT2D eigenvalue weighted by Gasteiger charge is -2.29. The molecule has 0 unspecified atom stereocenters. The predicted octanol–water partition coefficient (Wildman–Crippen LogP) is 4.11. The standard InChI is InChI=1S/C23H27N3O4S/c1-23(2)10-9-18-17(21(23)24)12-19(30-18)31(28,29)26-22(27)25-20-15-7-3-5-13(15)11-14-6-4-8-16(14)20/h11-12,24H,3-10H2,1-2H3,(H2,25,26,27). The van der Waals surface area contributed by atoms with Crippen molar-refractivity contribution in [2.75, 3.05) is 5.32 Å². The molecular weight excluding hydrogens is 414 g/mol. The maximum atomic E-state index is 12.8. The molecular formula is C23H27N3O4S. The minimum atomic E-state index is -4.19. The molecule has 0 saturated carbocycles. The Morgan fingerprint density at radius 2 is 1.68 bits per heavy atom. The van der Waals surface area contributed by atoms with Gasteiger partial charge >= 0.3 is 6.03 Å². The summed E-state index contributed by atoms with van der Waals surface area (Å²) in [6, 6.07) is 2.85. The molecule has 3 N–H and O–H groups in total. The molecule has 2 aromatic rings. The zero-order valence-electron chi connectivity index (χ0n) is 17.9. The van der Waals surface area contributed by atoms with E-state index in [0.717, 1.165) is 55.3 Å². The lowest BCUT2D eigenvalue weighted by Crippen LogP contribution is -2.34. The smallest absolute Gasteiger partial charge is 0.333 e. The third kappa shape index (κ3) is 3.37. The second kappa shape index (κ2) is 6.95. The van der Waals surface area contributed by atoms with E-state index in [0.29, 0.717) is 29.9 Å². The summed E-state index contributed by atoms with van der Waals surface area (Å²) in [6.07, 6.45) is 7.16. The molecule has 0 bridgehead atoms. The van der Waals surface area contributed by atoms with Gasteiger partial charge in [0.15, 0.2) is 0 Å². The molecule has 0 aliphatic heterocycles. The number of amides is 2. The van der Waals surface area contributed by atoms with Crippen molar-refractivity contribution in [3.8, 4) is 0 Å². The highest BCUT2D eigenvalue weighted by molar-refractivity contribution is 7.89. The molecule has 0 atom stereocenters. The van der Waals surface area contributed by atoms with Crippen molar-refractivity contribution in [2.24, 2.45) is 5.41 Å². The Labute approximate surface area is 182 Å². The fraction of sp³-hybridized carbons (Fsp3) is 0.478. The van der Waals surface area contributed by atoms with Crippen LogP contribution in [-0.2, 0) is 42.1 Å². The summed E-state index contributed by atoms with van der Waals surface area (Å²) in [6.45, 7) is 3.92. The highest BCUT2D eigenvalue weighted by Crippen LogP contribution is 2.39. The van der Waals surface area contributed by atoms with E-state index < -0.39 is 16.1 Å². The third-order valence-corrected chi connectivity index (χ3v) is 8.10. The Balaban J connectivity index is 1.39. The van der Waals surface area contributed by atoms with Crippen molar-refractivity contribution in [1.29, 1.82) is 5.41 Å². The zero-order chi connectivity index (χ0) is 22.0. The molecule has 1 aromatic heterocycles. The van der Waals surface area contributed by atoms with Crippen LogP contribution in [0, 0.1) is 10.8 Å². The summed E-state index contributed by atoms with van der Waals surface area (Å²) in [5.74, 6) is 0.490. The van der Waals surface area contributed by atoms with Crippen molar-refractivity contribution in [3.63, 3.8) is 0 Å². The van der Waals surface area contributed by atoms with Crippen molar-refractivity contribution >= 4 is 27.5 Å². The molecule has 164 valence electrons. The van der Waals surface area contributed by atoms with Gasteiger partial charge in [-0.25, -0.2) is 9.52 Å². The van der Waals surface area contributed by atoms with Crippen LogP contribution in [0.4, 0.5) is 10.5 Å². The van der Waals surface area contributed by atoms with Gasteiger partial charge in [-0.2, -0.15) is 8.42 Å². The molecule has 0 spiro atoms. The number of hydrogen-bond donors (Lipinski definition) is 3. The van der Waals surface area contributed by atoms with Crippen LogP contribution in [0.3, 0.4) is 0 Å². The largest absolute Gasteiger partial charge is 0.447 e. The zero-order valence-corrected chi connectivity index (χ0v) is 18.7. The van der Waals surface area contributed by atoms with Gasteiger partial charge in [0.05, 0.1) is 0 Å². The number of fused-ring (bicyclic) bond motifs is 3. The van der Waals surface area contributed by atoms with E-state index in [1.807, 2.05) is 13.8 Å². The van der Waals surface area contributed by atoms with Crippen LogP contribution in [0.15, 0.2) is 21.6 Å². The van der Waals surface area contributed by atoms with Crippen LogP contribution in [0.1, 0.15) is 66.7 Å². The Morgan fingerprint density at radius 3 is 2.32 bits per heavy atom. The van der Waals surface area contributed by atoms with Crippen LogP contribution >= 0.6 is 0 Å². The second-order valence-corrected chi connectivity index (χ2v) is 11.1. The quantitative estimate of drug-likeness (QED) is 0.665. The monoisotopic (exact) mass is 441 g/mol. The maximum absolute atomic E-state index is 12.8. The van der Waals surface area contributed by atoms with Crippen LogP contribution < -0.4 is 10.0 Å². The van der Waals surface area contributed by atoms with Crippen LogP contribution in [-0.4, -0.2) is 20.2 Å². The van der Waals surface area contributed by atoms with E-state index in [4.69, 9.17) is 9.83 Å². The van der Waals surface area contributed by atoms with E-state index in [9.17, 15) is 13.2 Å². The number of rotatable bonds is 3. The number of furan rings is 1. The molecule has 0 radical (unpaired) electrons. The fourth-order valence-corrected chi connectivity index (χ4v) is 6.01. The number of carbonyl (C=O) groups excluding carboxylic acids is 1. The Hall–Kier alpha value is -2.61. The average molecular weight is 442 g/mol. The van der Waals surface area contributed by atoms with Crippen LogP contribution in [0.5, 0.6) is 0 Å².